The van der Waals surface area contributed by atoms with Crippen LogP contribution in [0.1, 0.15) is 17.2 Å². The Morgan fingerprint density at radius 3 is 2.18 bits per heavy atom. The molecule has 0 fully saturated rings. The van der Waals surface area contributed by atoms with E-state index in [-0.39, 0.29) is 12.3 Å². The molecular formula is C13H21NO3. The lowest BCUT2D eigenvalue weighted by Gasteiger charge is -2.26. The molecule has 1 aromatic rings. The van der Waals surface area contributed by atoms with Crippen LogP contribution in [0.5, 0.6) is 5.75 Å². The van der Waals surface area contributed by atoms with E-state index in [9.17, 15) is 0 Å². The van der Waals surface area contributed by atoms with Crippen LogP contribution in [0.3, 0.4) is 0 Å². The van der Waals surface area contributed by atoms with Gasteiger partial charge >= 0.3 is 0 Å². The van der Waals surface area contributed by atoms with E-state index in [2.05, 4.69) is 5.32 Å². The Labute approximate surface area is 103 Å². The Morgan fingerprint density at radius 2 is 1.76 bits per heavy atom. The topological polar surface area (TPSA) is 39.7 Å². The molecule has 1 rings (SSSR count). The Morgan fingerprint density at radius 1 is 1.12 bits per heavy atom. The van der Waals surface area contributed by atoms with E-state index in [1.165, 1.54) is 0 Å². The number of methoxy groups -OCH3 is 3. The van der Waals surface area contributed by atoms with Gasteiger partial charge in [-0.15, -0.1) is 0 Å². The van der Waals surface area contributed by atoms with Gasteiger partial charge in [0.15, 0.2) is 6.29 Å². The minimum absolute atomic E-state index is 0.00379. The Balaban J connectivity index is 3.03. The third kappa shape index (κ3) is 3.19. The summed E-state index contributed by atoms with van der Waals surface area (Å²) in [4.78, 5) is 0. The fourth-order valence-electron chi connectivity index (χ4n) is 1.93. The largest absolute Gasteiger partial charge is 0.497 e. The van der Waals surface area contributed by atoms with Gasteiger partial charge < -0.3 is 19.5 Å². The van der Waals surface area contributed by atoms with Gasteiger partial charge in [0.05, 0.1) is 13.2 Å². The SMILES string of the molecule is CNC(c1ccc(OC)cc1C)C(OC)OC. The summed E-state index contributed by atoms with van der Waals surface area (Å²) in [5.41, 5.74) is 2.28. The van der Waals surface area contributed by atoms with Crippen molar-refractivity contribution in [3.63, 3.8) is 0 Å². The first-order valence-electron chi connectivity index (χ1n) is 5.55. The highest BCUT2D eigenvalue weighted by molar-refractivity contribution is 5.36. The van der Waals surface area contributed by atoms with Gasteiger partial charge in [-0.05, 0) is 37.2 Å². The van der Waals surface area contributed by atoms with Crippen LogP contribution >= 0.6 is 0 Å². The van der Waals surface area contributed by atoms with E-state index in [0.717, 1.165) is 16.9 Å². The summed E-state index contributed by atoms with van der Waals surface area (Å²) in [6, 6.07) is 5.97. The quantitative estimate of drug-likeness (QED) is 0.769. The maximum Gasteiger partial charge on any atom is 0.176 e. The normalized spacial score (nSPS) is 12.8. The second kappa shape index (κ2) is 6.59. The predicted octanol–water partition coefficient (Wildman–Crippen LogP) is 1.88. The summed E-state index contributed by atoms with van der Waals surface area (Å²) in [7, 11) is 6.82. The minimum atomic E-state index is -0.313. The first-order valence-corrected chi connectivity index (χ1v) is 5.55. The van der Waals surface area contributed by atoms with Crippen molar-refractivity contribution < 1.29 is 14.2 Å². The molecule has 0 aliphatic carbocycles. The van der Waals surface area contributed by atoms with E-state index in [1.54, 1.807) is 21.3 Å². The highest BCUT2D eigenvalue weighted by Gasteiger charge is 2.22. The Hall–Kier alpha value is -1.10. The molecule has 1 aromatic carbocycles. The van der Waals surface area contributed by atoms with Crippen LogP contribution in [0.15, 0.2) is 18.2 Å². The summed E-state index contributed by atoms with van der Waals surface area (Å²) < 4.78 is 15.8. The standard InChI is InChI=1S/C13H21NO3/c1-9-8-10(15-3)6-7-11(9)12(14-2)13(16-4)17-5/h6-8,12-14H,1-5H3. The molecule has 0 spiro atoms. The molecule has 4 heteroatoms. The molecule has 4 nitrogen and oxygen atoms in total. The maximum absolute atomic E-state index is 5.30. The lowest BCUT2D eigenvalue weighted by atomic mass is 10.0. The molecule has 0 saturated heterocycles. The molecule has 0 amide bonds. The highest BCUT2D eigenvalue weighted by Crippen LogP contribution is 2.25. The van der Waals surface area contributed by atoms with E-state index in [0.29, 0.717) is 0 Å². The lowest BCUT2D eigenvalue weighted by Crippen LogP contribution is -2.32. The lowest BCUT2D eigenvalue weighted by molar-refractivity contribution is -0.123. The number of hydrogen-bond donors (Lipinski definition) is 1. The fraction of sp³-hybridized carbons (Fsp3) is 0.538. The second-order valence-electron chi connectivity index (χ2n) is 3.83. The fourth-order valence-corrected chi connectivity index (χ4v) is 1.93. The summed E-state index contributed by atoms with van der Waals surface area (Å²) in [5, 5.41) is 3.21. The molecule has 1 unspecified atom stereocenters. The molecular weight excluding hydrogens is 218 g/mol. The van der Waals surface area contributed by atoms with Gasteiger partial charge in [-0.2, -0.15) is 0 Å². The van der Waals surface area contributed by atoms with Crippen LogP contribution in [0.4, 0.5) is 0 Å². The van der Waals surface area contributed by atoms with E-state index in [1.807, 2.05) is 32.2 Å². The zero-order valence-electron chi connectivity index (χ0n) is 11.1. The maximum atomic E-state index is 5.30. The van der Waals surface area contributed by atoms with Crippen molar-refractivity contribution in [2.75, 3.05) is 28.4 Å². The van der Waals surface area contributed by atoms with Gasteiger partial charge in [0, 0.05) is 14.2 Å². The number of aryl methyl sites for hydroxylation is 1. The molecule has 1 N–H and O–H groups in total. The Kier molecular flexibility index (Phi) is 5.41. The minimum Gasteiger partial charge on any atom is -0.497 e. The molecule has 0 saturated carbocycles. The van der Waals surface area contributed by atoms with E-state index < -0.39 is 0 Å². The van der Waals surface area contributed by atoms with Crippen LogP contribution in [0, 0.1) is 6.92 Å². The summed E-state index contributed by atoms with van der Waals surface area (Å²) in [6.45, 7) is 2.05. The summed E-state index contributed by atoms with van der Waals surface area (Å²) in [5.74, 6) is 0.854. The molecule has 1 atom stereocenters. The first-order chi connectivity index (χ1) is 8.17. The summed E-state index contributed by atoms with van der Waals surface area (Å²) >= 11 is 0. The first kappa shape index (κ1) is 14.0. The Bertz CT molecular complexity index is 351. The zero-order valence-corrected chi connectivity index (χ0v) is 11.1. The molecule has 0 heterocycles. The molecule has 0 aliphatic rings. The van der Waals surface area contributed by atoms with Gasteiger partial charge in [-0.1, -0.05) is 6.07 Å². The summed E-state index contributed by atoms with van der Waals surface area (Å²) in [6.07, 6.45) is -0.313. The van der Waals surface area contributed by atoms with Crippen molar-refractivity contribution >= 4 is 0 Å². The van der Waals surface area contributed by atoms with Gasteiger partial charge in [0.2, 0.25) is 0 Å². The average Bonchev–Trinajstić information content (AvgIpc) is 2.36. The number of ether oxygens (including phenoxy) is 3. The molecule has 0 radical (unpaired) electrons. The molecule has 0 aromatic heterocycles. The zero-order chi connectivity index (χ0) is 12.8. The average molecular weight is 239 g/mol. The van der Waals surface area contributed by atoms with Crippen LogP contribution in [-0.4, -0.2) is 34.7 Å². The van der Waals surface area contributed by atoms with Crippen LogP contribution in [-0.2, 0) is 9.47 Å². The third-order valence-corrected chi connectivity index (χ3v) is 2.86. The van der Waals surface area contributed by atoms with Crippen molar-refractivity contribution in [2.24, 2.45) is 0 Å². The van der Waals surface area contributed by atoms with E-state index >= 15 is 0 Å². The van der Waals surface area contributed by atoms with Crippen molar-refractivity contribution in [3.05, 3.63) is 29.3 Å². The monoisotopic (exact) mass is 239 g/mol. The van der Waals surface area contributed by atoms with Crippen LogP contribution in [0.25, 0.3) is 0 Å². The molecule has 96 valence electrons. The molecule has 0 aliphatic heterocycles. The van der Waals surface area contributed by atoms with Gasteiger partial charge in [0.25, 0.3) is 0 Å². The molecule has 17 heavy (non-hydrogen) atoms. The van der Waals surface area contributed by atoms with Gasteiger partial charge in [-0.3, -0.25) is 0 Å². The number of likely N-dealkylation sites (N-methyl/N-ethyl adjacent to an activating group) is 1. The predicted molar refractivity (Wildman–Crippen MR) is 67.3 cm³/mol. The second-order valence-corrected chi connectivity index (χ2v) is 3.83. The van der Waals surface area contributed by atoms with Gasteiger partial charge in [-0.25, -0.2) is 0 Å². The van der Waals surface area contributed by atoms with Crippen molar-refractivity contribution in [3.8, 4) is 5.75 Å². The number of rotatable bonds is 6. The van der Waals surface area contributed by atoms with Gasteiger partial charge in [0.1, 0.15) is 5.75 Å². The molecule has 0 bridgehead atoms. The third-order valence-electron chi connectivity index (χ3n) is 2.86. The van der Waals surface area contributed by atoms with Crippen molar-refractivity contribution in [1.29, 1.82) is 0 Å². The number of nitrogens with one attached hydrogen (secondary N) is 1. The van der Waals surface area contributed by atoms with Crippen LogP contribution in [0.2, 0.25) is 0 Å². The van der Waals surface area contributed by atoms with Crippen molar-refractivity contribution in [2.45, 2.75) is 19.3 Å². The number of benzene rings is 1. The van der Waals surface area contributed by atoms with E-state index in [4.69, 9.17) is 14.2 Å². The highest BCUT2D eigenvalue weighted by atomic mass is 16.7. The smallest absolute Gasteiger partial charge is 0.176 e. The van der Waals surface area contributed by atoms with Crippen molar-refractivity contribution in [1.82, 2.24) is 5.32 Å². The number of hydrogen-bond acceptors (Lipinski definition) is 4. The van der Waals surface area contributed by atoms with Crippen LogP contribution < -0.4 is 10.1 Å².